The third-order valence-electron chi connectivity index (χ3n) is 3.68. The van der Waals surface area contributed by atoms with Crippen molar-refractivity contribution in [2.45, 2.75) is 0 Å². The van der Waals surface area contributed by atoms with E-state index in [0.29, 0.717) is 5.69 Å². The first kappa shape index (κ1) is 17.4. The number of fused-ring (bicyclic) bond motifs is 1. The van der Waals surface area contributed by atoms with Crippen LogP contribution in [0.25, 0.3) is 16.8 Å². The number of amides is 1. The Kier molecular flexibility index (Phi) is 5.39. The molecule has 0 aliphatic heterocycles. The van der Waals surface area contributed by atoms with Gasteiger partial charge in [0, 0.05) is 17.3 Å². The van der Waals surface area contributed by atoms with Crippen molar-refractivity contribution in [3.63, 3.8) is 0 Å². The smallest absolute Gasteiger partial charge is 0.331 e. The van der Waals surface area contributed by atoms with Gasteiger partial charge in [-0.05, 0) is 35.0 Å². The van der Waals surface area contributed by atoms with Gasteiger partial charge in [-0.25, -0.2) is 9.18 Å². The molecule has 3 rings (SSSR count). The Bertz CT molecular complexity index is 982. The van der Waals surface area contributed by atoms with Crippen LogP contribution in [-0.4, -0.2) is 18.5 Å². The summed E-state index contributed by atoms with van der Waals surface area (Å²) >= 11 is 0. The molecule has 1 N–H and O–H groups in total. The molecule has 0 fully saturated rings. The highest BCUT2D eigenvalue weighted by molar-refractivity contribution is 5.96. The van der Waals surface area contributed by atoms with Crippen molar-refractivity contribution in [2.24, 2.45) is 0 Å². The summed E-state index contributed by atoms with van der Waals surface area (Å²) in [7, 11) is 0. The minimum absolute atomic E-state index is 0.269. The van der Waals surface area contributed by atoms with E-state index in [4.69, 9.17) is 4.74 Å². The number of benzene rings is 3. The molecule has 0 aromatic heterocycles. The van der Waals surface area contributed by atoms with E-state index in [1.54, 1.807) is 18.2 Å². The summed E-state index contributed by atoms with van der Waals surface area (Å²) in [6, 6.07) is 19.3. The number of rotatable bonds is 5. The Morgan fingerprint density at radius 3 is 2.50 bits per heavy atom. The van der Waals surface area contributed by atoms with Crippen LogP contribution in [0.2, 0.25) is 0 Å². The zero-order valence-electron chi connectivity index (χ0n) is 13.8. The summed E-state index contributed by atoms with van der Waals surface area (Å²) in [4.78, 5) is 23.6. The van der Waals surface area contributed by atoms with Crippen LogP contribution >= 0.6 is 0 Å². The highest BCUT2D eigenvalue weighted by atomic mass is 19.1. The summed E-state index contributed by atoms with van der Waals surface area (Å²) in [5.41, 5.74) is 0.886. The monoisotopic (exact) mass is 349 g/mol. The molecule has 0 spiro atoms. The van der Waals surface area contributed by atoms with Crippen LogP contribution in [-0.2, 0) is 14.3 Å². The van der Waals surface area contributed by atoms with Crippen LogP contribution in [0.15, 0.2) is 72.8 Å². The van der Waals surface area contributed by atoms with E-state index in [9.17, 15) is 14.0 Å². The lowest BCUT2D eigenvalue weighted by Crippen LogP contribution is -2.20. The molecular formula is C21H16FNO3. The van der Waals surface area contributed by atoms with E-state index < -0.39 is 24.3 Å². The molecule has 1 amide bonds. The summed E-state index contributed by atoms with van der Waals surface area (Å²) in [5.74, 6) is -1.61. The molecule has 3 aromatic rings. The Labute approximate surface area is 149 Å². The van der Waals surface area contributed by atoms with Crippen LogP contribution in [0.5, 0.6) is 0 Å². The van der Waals surface area contributed by atoms with E-state index >= 15 is 0 Å². The zero-order valence-corrected chi connectivity index (χ0v) is 13.8. The van der Waals surface area contributed by atoms with Crippen molar-refractivity contribution in [3.05, 3.63) is 84.2 Å². The first-order valence-corrected chi connectivity index (χ1v) is 8.00. The molecule has 26 heavy (non-hydrogen) atoms. The molecule has 0 unspecified atom stereocenters. The van der Waals surface area contributed by atoms with Gasteiger partial charge >= 0.3 is 5.97 Å². The molecule has 0 saturated heterocycles. The fraction of sp³-hybridized carbons (Fsp3) is 0.0476. The van der Waals surface area contributed by atoms with Gasteiger partial charge in [-0.3, -0.25) is 4.79 Å². The topological polar surface area (TPSA) is 55.4 Å². The molecule has 0 heterocycles. The lowest BCUT2D eigenvalue weighted by Gasteiger charge is -2.06. The summed E-state index contributed by atoms with van der Waals surface area (Å²) < 4.78 is 18.3. The molecular weight excluding hydrogens is 333 g/mol. The van der Waals surface area contributed by atoms with E-state index in [1.807, 2.05) is 36.4 Å². The Morgan fingerprint density at radius 1 is 0.962 bits per heavy atom. The number of esters is 1. The van der Waals surface area contributed by atoms with Crippen LogP contribution in [0.3, 0.4) is 0 Å². The van der Waals surface area contributed by atoms with E-state index in [1.165, 1.54) is 18.2 Å². The number of carbonyl (C=O) groups excluding carboxylic acids is 2. The number of anilines is 1. The van der Waals surface area contributed by atoms with E-state index in [2.05, 4.69) is 5.32 Å². The van der Waals surface area contributed by atoms with Gasteiger partial charge in [-0.2, -0.15) is 0 Å². The van der Waals surface area contributed by atoms with Gasteiger partial charge in [-0.1, -0.05) is 48.5 Å². The zero-order chi connectivity index (χ0) is 18.4. The molecule has 0 saturated carbocycles. The molecule has 0 aliphatic rings. The van der Waals surface area contributed by atoms with E-state index in [-0.39, 0.29) is 5.56 Å². The van der Waals surface area contributed by atoms with Crippen molar-refractivity contribution >= 4 is 34.4 Å². The highest BCUT2D eigenvalue weighted by Gasteiger charge is 2.06. The maximum absolute atomic E-state index is 13.4. The molecule has 0 radical (unpaired) electrons. The second-order valence-electron chi connectivity index (χ2n) is 5.57. The Hall–Kier alpha value is -3.47. The molecule has 0 bridgehead atoms. The fourth-order valence-electron chi connectivity index (χ4n) is 2.42. The summed E-state index contributed by atoms with van der Waals surface area (Å²) in [5, 5.41) is 4.73. The van der Waals surface area contributed by atoms with Crippen LogP contribution in [0, 0.1) is 5.82 Å². The number of carbonyl (C=O) groups is 2. The van der Waals surface area contributed by atoms with Crippen molar-refractivity contribution in [3.8, 4) is 0 Å². The maximum Gasteiger partial charge on any atom is 0.331 e. The van der Waals surface area contributed by atoms with Gasteiger partial charge in [0.2, 0.25) is 0 Å². The Morgan fingerprint density at radius 2 is 1.69 bits per heavy atom. The van der Waals surface area contributed by atoms with Crippen molar-refractivity contribution in [1.82, 2.24) is 0 Å². The fourth-order valence-corrected chi connectivity index (χ4v) is 2.42. The molecule has 0 aliphatic carbocycles. The molecule has 0 atom stereocenters. The third-order valence-corrected chi connectivity index (χ3v) is 3.68. The first-order chi connectivity index (χ1) is 12.6. The average molecular weight is 349 g/mol. The minimum atomic E-state index is -0.720. The molecule has 5 heteroatoms. The lowest BCUT2D eigenvalue weighted by atomic mass is 10.1. The standard InChI is InChI=1S/C21H16FNO3/c22-19-8-4-3-6-16(19)10-12-21(25)26-14-20(24)23-18-11-9-15-5-1-2-7-17(15)13-18/h1-13H,14H2,(H,23,24)/b12-10+. The predicted molar refractivity (Wildman–Crippen MR) is 99.0 cm³/mol. The van der Waals surface area contributed by atoms with Gasteiger partial charge in [0.15, 0.2) is 6.61 Å². The number of hydrogen-bond acceptors (Lipinski definition) is 3. The summed E-state index contributed by atoms with van der Waals surface area (Å²) in [6.45, 7) is -0.423. The second kappa shape index (κ2) is 8.07. The maximum atomic E-state index is 13.4. The van der Waals surface area contributed by atoms with Crippen LogP contribution in [0.1, 0.15) is 5.56 Å². The van der Waals surface area contributed by atoms with Gasteiger partial charge < -0.3 is 10.1 Å². The quantitative estimate of drug-likeness (QED) is 0.555. The van der Waals surface area contributed by atoms with Gasteiger partial charge in [0.05, 0.1) is 0 Å². The average Bonchev–Trinajstić information content (AvgIpc) is 2.65. The Balaban J connectivity index is 1.53. The van der Waals surface area contributed by atoms with Crippen molar-refractivity contribution < 1.29 is 18.7 Å². The number of halogens is 1. The normalized spacial score (nSPS) is 10.8. The number of nitrogens with one attached hydrogen (secondary N) is 1. The van der Waals surface area contributed by atoms with Gasteiger partial charge in [0.1, 0.15) is 5.82 Å². The number of ether oxygens (including phenoxy) is 1. The van der Waals surface area contributed by atoms with Crippen molar-refractivity contribution in [1.29, 1.82) is 0 Å². The van der Waals surface area contributed by atoms with Crippen LogP contribution in [0.4, 0.5) is 10.1 Å². The van der Waals surface area contributed by atoms with Crippen molar-refractivity contribution in [2.75, 3.05) is 11.9 Å². The van der Waals surface area contributed by atoms with Gasteiger partial charge in [0.25, 0.3) is 5.91 Å². The van der Waals surface area contributed by atoms with Gasteiger partial charge in [-0.15, -0.1) is 0 Å². The lowest BCUT2D eigenvalue weighted by molar-refractivity contribution is -0.142. The largest absolute Gasteiger partial charge is 0.452 e. The SMILES string of the molecule is O=C(COC(=O)/C=C/c1ccccc1F)Nc1ccc2ccccc2c1. The molecule has 130 valence electrons. The summed E-state index contributed by atoms with van der Waals surface area (Å²) in [6.07, 6.45) is 2.39. The minimum Gasteiger partial charge on any atom is -0.452 e. The highest BCUT2D eigenvalue weighted by Crippen LogP contribution is 2.18. The third kappa shape index (κ3) is 4.54. The predicted octanol–water partition coefficient (Wildman–Crippen LogP) is 4.17. The number of hydrogen-bond donors (Lipinski definition) is 1. The van der Waals surface area contributed by atoms with Crippen LogP contribution < -0.4 is 5.32 Å². The second-order valence-corrected chi connectivity index (χ2v) is 5.57. The molecule has 3 aromatic carbocycles. The van der Waals surface area contributed by atoms with E-state index in [0.717, 1.165) is 16.8 Å². The first-order valence-electron chi connectivity index (χ1n) is 8.00. The molecule has 4 nitrogen and oxygen atoms in total.